The molecule has 6 rings (SSSR count). The molecule has 240 valence electrons. The molecular formula is C32H31Cl2F3N8S. The quantitative estimate of drug-likeness (QED) is 0.147. The number of hydrogen-bond donors (Lipinski definition) is 4. The monoisotopic (exact) mass is 686 g/mol. The molecule has 4 aromatic rings. The zero-order valence-corrected chi connectivity index (χ0v) is 27.3. The van der Waals surface area contributed by atoms with E-state index in [9.17, 15) is 18.4 Å². The summed E-state index contributed by atoms with van der Waals surface area (Å²) in [6.45, 7) is 6.99. The number of nitriles is 1. The molecule has 0 spiro atoms. The molecule has 0 saturated carbocycles. The molecule has 4 N–H and O–H groups in total. The Morgan fingerprint density at radius 1 is 1.11 bits per heavy atom. The van der Waals surface area contributed by atoms with Gasteiger partial charge in [-0.1, -0.05) is 36.2 Å². The fraction of sp³-hybridized carbons (Fsp3) is 0.312. The van der Waals surface area contributed by atoms with Crippen LogP contribution in [0.5, 0.6) is 0 Å². The summed E-state index contributed by atoms with van der Waals surface area (Å²) in [6, 6.07) is 13.3. The van der Waals surface area contributed by atoms with Crippen LogP contribution in [0.4, 0.5) is 30.2 Å². The maximum absolute atomic E-state index is 13.7. The lowest BCUT2D eigenvalue weighted by Gasteiger charge is -2.35. The highest BCUT2D eigenvalue weighted by atomic mass is 35.5. The van der Waals surface area contributed by atoms with Gasteiger partial charge >= 0.3 is 6.18 Å². The van der Waals surface area contributed by atoms with Crippen LogP contribution in [0, 0.1) is 18.3 Å². The second-order valence-electron chi connectivity index (χ2n) is 11.3. The number of aryl methyl sites for hydroxylation is 1. The Bertz CT molecular complexity index is 1830. The molecule has 14 heteroatoms. The van der Waals surface area contributed by atoms with E-state index in [0.717, 1.165) is 44.1 Å². The largest absolute Gasteiger partial charge is 0.425 e. The number of likely N-dealkylation sites (tertiary alicyclic amines) is 1. The first kappa shape index (κ1) is 32.2. The van der Waals surface area contributed by atoms with Crippen LogP contribution in [0.25, 0.3) is 10.9 Å². The second kappa shape index (κ2) is 13.2. The lowest BCUT2D eigenvalue weighted by molar-refractivity contribution is -0.134. The Kier molecular flexibility index (Phi) is 9.23. The minimum Gasteiger partial charge on any atom is -0.372 e. The van der Waals surface area contributed by atoms with E-state index in [2.05, 4.69) is 44.5 Å². The van der Waals surface area contributed by atoms with Gasteiger partial charge in [-0.15, -0.1) is 16.9 Å². The maximum Gasteiger partial charge on any atom is 0.425 e. The minimum absolute atomic E-state index is 0.233. The normalized spacial score (nSPS) is 16.7. The van der Waals surface area contributed by atoms with Crippen LogP contribution in [0.3, 0.4) is 0 Å². The number of benzene rings is 2. The van der Waals surface area contributed by atoms with Crippen molar-refractivity contribution in [1.29, 1.82) is 5.26 Å². The standard InChI is InChI=1S/C32H31Cl2F3N8S/c1-3-44-10-8-22(9-11-44)45-17-26(42-43-45)31(27-6-7-28(46-27)32(35,36)37)41-21-12-23-29(40-20-5-4-18(2)24(33)13-20)19(15-38)16-39-30(23)25(34)14-21/h4-7,12-14,16-17,22,31,41-43H,3,8-11H2,1-2H3,(H,39,40)/t31-/m1/s1. The van der Waals surface area contributed by atoms with E-state index in [1.165, 1.54) is 12.3 Å². The summed E-state index contributed by atoms with van der Waals surface area (Å²) in [5, 5.41) is 20.1. The first-order chi connectivity index (χ1) is 22.0. The maximum atomic E-state index is 13.7. The van der Waals surface area contributed by atoms with Crippen molar-refractivity contribution in [2.45, 2.75) is 44.9 Å². The molecule has 0 amide bonds. The first-order valence-electron chi connectivity index (χ1n) is 14.8. The molecule has 2 aliphatic heterocycles. The van der Waals surface area contributed by atoms with Crippen molar-refractivity contribution in [3.8, 4) is 6.07 Å². The number of piperidine rings is 1. The molecule has 0 radical (unpaired) electrons. The van der Waals surface area contributed by atoms with Gasteiger partial charge in [-0.25, -0.2) is 0 Å². The highest BCUT2D eigenvalue weighted by Gasteiger charge is 2.35. The number of alkyl halides is 3. The van der Waals surface area contributed by atoms with Crippen LogP contribution in [-0.2, 0) is 6.18 Å². The number of fused-ring (bicyclic) bond motifs is 1. The number of anilines is 3. The number of aromatic nitrogens is 1. The Balaban J connectivity index is 1.38. The molecular weight excluding hydrogens is 656 g/mol. The highest BCUT2D eigenvalue weighted by Crippen LogP contribution is 2.41. The zero-order chi connectivity index (χ0) is 32.6. The second-order valence-corrected chi connectivity index (χ2v) is 13.2. The van der Waals surface area contributed by atoms with Crippen molar-refractivity contribution < 1.29 is 13.2 Å². The topological polar surface area (TPSA) is 91.3 Å². The molecule has 0 unspecified atom stereocenters. The van der Waals surface area contributed by atoms with Crippen LogP contribution in [-0.4, -0.2) is 40.6 Å². The lowest BCUT2D eigenvalue weighted by atomic mass is 10.0. The number of thiophene rings is 1. The number of hydrazine groups is 2. The van der Waals surface area contributed by atoms with E-state index in [1.807, 2.05) is 30.3 Å². The summed E-state index contributed by atoms with van der Waals surface area (Å²) in [4.78, 5) is 6.60. The summed E-state index contributed by atoms with van der Waals surface area (Å²) in [5.74, 6) is 0. The SMILES string of the molecule is CCN1CCC(N2C=C([C@@H](Nc3cc(Cl)c4ncc(C#N)c(Nc5ccc(C)c(Cl)c5)c4c3)c3ccc(C(F)(F)F)s3)NN2)CC1. The van der Waals surface area contributed by atoms with Crippen molar-refractivity contribution >= 4 is 62.5 Å². The molecule has 2 aliphatic rings. The molecule has 2 aromatic carbocycles. The van der Waals surface area contributed by atoms with E-state index >= 15 is 0 Å². The molecule has 4 heterocycles. The number of rotatable bonds is 8. The fourth-order valence-electron chi connectivity index (χ4n) is 5.71. The van der Waals surface area contributed by atoms with Crippen LogP contribution in [0.2, 0.25) is 10.0 Å². The van der Waals surface area contributed by atoms with E-state index in [4.69, 9.17) is 23.2 Å². The highest BCUT2D eigenvalue weighted by molar-refractivity contribution is 7.12. The molecule has 1 saturated heterocycles. The van der Waals surface area contributed by atoms with Crippen molar-refractivity contribution in [2.75, 3.05) is 30.3 Å². The van der Waals surface area contributed by atoms with E-state index in [-0.39, 0.29) is 11.6 Å². The van der Waals surface area contributed by atoms with E-state index in [0.29, 0.717) is 59.9 Å². The van der Waals surface area contributed by atoms with Gasteiger partial charge in [0.2, 0.25) is 0 Å². The Morgan fingerprint density at radius 2 is 1.87 bits per heavy atom. The Morgan fingerprint density at radius 3 is 2.54 bits per heavy atom. The first-order valence-corrected chi connectivity index (χ1v) is 16.3. The summed E-state index contributed by atoms with van der Waals surface area (Å²) >= 11 is 13.8. The molecule has 0 bridgehead atoms. The molecule has 2 aromatic heterocycles. The molecule has 1 fully saturated rings. The predicted octanol–water partition coefficient (Wildman–Crippen LogP) is 8.35. The van der Waals surface area contributed by atoms with Crippen LogP contribution in [0.1, 0.15) is 46.7 Å². The lowest BCUT2D eigenvalue weighted by Crippen LogP contribution is -2.48. The number of nitrogens with one attached hydrogen (secondary N) is 4. The zero-order valence-electron chi connectivity index (χ0n) is 25.0. The summed E-state index contributed by atoms with van der Waals surface area (Å²) in [7, 11) is 0. The predicted molar refractivity (Wildman–Crippen MR) is 178 cm³/mol. The van der Waals surface area contributed by atoms with Gasteiger partial charge in [-0.3, -0.25) is 9.99 Å². The summed E-state index contributed by atoms with van der Waals surface area (Å²) in [5.41, 5.74) is 10.4. The van der Waals surface area contributed by atoms with Gasteiger partial charge in [0.1, 0.15) is 17.0 Å². The average Bonchev–Trinajstić information content (AvgIpc) is 3.73. The smallest absolute Gasteiger partial charge is 0.372 e. The third-order valence-electron chi connectivity index (χ3n) is 8.30. The summed E-state index contributed by atoms with van der Waals surface area (Å²) in [6.07, 6.45) is 0.817. The number of halogens is 5. The average molecular weight is 688 g/mol. The Hall–Kier alpha value is -3.73. The van der Waals surface area contributed by atoms with Crippen LogP contribution >= 0.6 is 34.5 Å². The third-order valence-corrected chi connectivity index (χ3v) is 10.2. The van der Waals surface area contributed by atoms with Gasteiger partial charge in [0.05, 0.1) is 27.5 Å². The summed E-state index contributed by atoms with van der Waals surface area (Å²) < 4.78 is 41.0. The van der Waals surface area contributed by atoms with E-state index in [1.54, 1.807) is 18.2 Å². The van der Waals surface area contributed by atoms with Crippen molar-refractivity contribution in [1.82, 2.24) is 25.9 Å². The van der Waals surface area contributed by atoms with Crippen molar-refractivity contribution in [3.05, 3.63) is 91.5 Å². The van der Waals surface area contributed by atoms with Crippen LogP contribution < -0.4 is 21.6 Å². The third kappa shape index (κ3) is 6.70. The molecule has 0 aliphatic carbocycles. The van der Waals surface area contributed by atoms with Gasteiger partial charge in [0, 0.05) is 58.2 Å². The van der Waals surface area contributed by atoms with Crippen molar-refractivity contribution in [3.63, 3.8) is 0 Å². The van der Waals surface area contributed by atoms with Gasteiger partial charge in [-0.2, -0.15) is 18.4 Å². The van der Waals surface area contributed by atoms with Gasteiger partial charge in [-0.05, 0) is 68.3 Å². The van der Waals surface area contributed by atoms with Gasteiger partial charge in [0.25, 0.3) is 0 Å². The minimum atomic E-state index is -4.46. The van der Waals surface area contributed by atoms with Gasteiger partial charge < -0.3 is 21.0 Å². The number of pyridine rings is 1. The number of hydrogen-bond acceptors (Lipinski definition) is 9. The van der Waals surface area contributed by atoms with E-state index < -0.39 is 17.1 Å². The molecule has 1 atom stereocenters. The molecule has 8 nitrogen and oxygen atoms in total. The molecule has 46 heavy (non-hydrogen) atoms. The van der Waals surface area contributed by atoms with Crippen LogP contribution in [0.15, 0.2) is 60.6 Å². The Labute approximate surface area is 278 Å². The van der Waals surface area contributed by atoms with Crippen molar-refractivity contribution in [2.24, 2.45) is 0 Å². The fourth-order valence-corrected chi connectivity index (χ4v) is 7.10. The van der Waals surface area contributed by atoms with Gasteiger partial charge in [0.15, 0.2) is 0 Å². The number of nitrogens with zero attached hydrogens (tertiary/aromatic N) is 4.